The number of aromatic amines is 1. The topological polar surface area (TPSA) is 96.6 Å². The molecule has 1 aliphatic rings. The Morgan fingerprint density at radius 2 is 2.20 bits per heavy atom. The number of hydrogen-bond donors (Lipinski definition) is 1. The molecule has 2 aromatic heterocycles. The predicted octanol–water partition coefficient (Wildman–Crippen LogP) is 2.51. The first-order valence-electron chi connectivity index (χ1n) is 8.81. The van der Waals surface area contributed by atoms with Gasteiger partial charge in [0.05, 0.1) is 13.2 Å². The molecule has 1 aliphatic carbocycles. The summed E-state index contributed by atoms with van der Waals surface area (Å²) in [6.07, 6.45) is 4.65. The van der Waals surface area contributed by atoms with Crippen molar-refractivity contribution in [2.24, 2.45) is 0 Å². The first-order valence-corrected chi connectivity index (χ1v) is 8.81. The summed E-state index contributed by atoms with van der Waals surface area (Å²) in [6, 6.07) is 3.55. The number of aryl methyl sites for hydroxylation is 1. The van der Waals surface area contributed by atoms with E-state index >= 15 is 0 Å². The Kier molecular flexibility index (Phi) is 5.29. The number of aromatic nitrogens is 4. The lowest BCUT2D eigenvalue weighted by molar-refractivity contribution is 0.136. The van der Waals surface area contributed by atoms with E-state index in [1.54, 1.807) is 6.07 Å². The Morgan fingerprint density at radius 3 is 2.88 bits per heavy atom. The minimum absolute atomic E-state index is 0.0855. The Balaban J connectivity index is 2.04. The molecule has 0 saturated heterocycles. The van der Waals surface area contributed by atoms with Crippen LogP contribution >= 0.6 is 0 Å². The fraction of sp³-hybridized carbons (Fsp3) is 0.556. The summed E-state index contributed by atoms with van der Waals surface area (Å²) in [6.45, 7) is 5.55. The molecule has 7 nitrogen and oxygen atoms in total. The Bertz CT molecular complexity index is 840. The van der Waals surface area contributed by atoms with Crippen molar-refractivity contribution in [3.05, 3.63) is 33.5 Å². The SMILES string of the molecule is CCOCCn1nc(C2CCCC2)nc1-c1cc(C#N)c(=O)[nH]c1C. The summed E-state index contributed by atoms with van der Waals surface area (Å²) >= 11 is 0. The molecule has 1 fully saturated rings. The Hall–Kier alpha value is -2.46. The molecule has 0 aromatic carbocycles. The number of rotatable bonds is 6. The van der Waals surface area contributed by atoms with Crippen molar-refractivity contribution in [2.75, 3.05) is 13.2 Å². The van der Waals surface area contributed by atoms with Gasteiger partial charge in [0.2, 0.25) is 0 Å². The molecule has 1 N–H and O–H groups in total. The first kappa shape index (κ1) is 17.4. The van der Waals surface area contributed by atoms with Gasteiger partial charge in [0.1, 0.15) is 11.6 Å². The Morgan fingerprint density at radius 1 is 1.44 bits per heavy atom. The second-order valence-corrected chi connectivity index (χ2v) is 6.36. The zero-order valence-electron chi connectivity index (χ0n) is 14.7. The van der Waals surface area contributed by atoms with Crippen LogP contribution < -0.4 is 5.56 Å². The van der Waals surface area contributed by atoms with Gasteiger partial charge in [0.15, 0.2) is 11.6 Å². The molecule has 0 unspecified atom stereocenters. The third-order valence-corrected chi connectivity index (χ3v) is 4.66. The van der Waals surface area contributed by atoms with Crippen LogP contribution in [0.5, 0.6) is 0 Å². The van der Waals surface area contributed by atoms with E-state index in [1.807, 2.05) is 24.6 Å². The maximum absolute atomic E-state index is 11.8. The lowest BCUT2D eigenvalue weighted by Crippen LogP contribution is -2.14. The highest BCUT2D eigenvalue weighted by atomic mass is 16.5. The van der Waals surface area contributed by atoms with Crippen LogP contribution in [0.25, 0.3) is 11.4 Å². The molecule has 2 aromatic rings. The van der Waals surface area contributed by atoms with Crippen molar-refractivity contribution in [1.82, 2.24) is 19.7 Å². The van der Waals surface area contributed by atoms with Crippen LogP contribution in [0.4, 0.5) is 0 Å². The molecule has 0 radical (unpaired) electrons. The van der Waals surface area contributed by atoms with E-state index in [2.05, 4.69) is 4.98 Å². The second-order valence-electron chi connectivity index (χ2n) is 6.36. The quantitative estimate of drug-likeness (QED) is 0.814. The van der Waals surface area contributed by atoms with Crippen LogP contribution in [-0.2, 0) is 11.3 Å². The molecule has 0 aliphatic heterocycles. The molecule has 132 valence electrons. The van der Waals surface area contributed by atoms with Crippen molar-refractivity contribution in [3.8, 4) is 17.5 Å². The van der Waals surface area contributed by atoms with E-state index < -0.39 is 0 Å². The van der Waals surface area contributed by atoms with Crippen molar-refractivity contribution >= 4 is 0 Å². The van der Waals surface area contributed by atoms with Crippen molar-refractivity contribution in [1.29, 1.82) is 5.26 Å². The molecule has 2 heterocycles. The maximum atomic E-state index is 11.8. The van der Waals surface area contributed by atoms with Crippen LogP contribution in [0.2, 0.25) is 0 Å². The molecule has 0 amide bonds. The zero-order valence-corrected chi connectivity index (χ0v) is 14.7. The average molecular weight is 341 g/mol. The largest absolute Gasteiger partial charge is 0.380 e. The van der Waals surface area contributed by atoms with Crippen molar-refractivity contribution in [2.45, 2.75) is 52.0 Å². The third-order valence-electron chi connectivity index (χ3n) is 4.66. The molecule has 7 heteroatoms. The third kappa shape index (κ3) is 3.64. The Labute approximate surface area is 146 Å². The standard InChI is InChI=1S/C18H23N5O2/c1-3-25-9-8-23-17(21-16(22-23)13-6-4-5-7-13)15-10-14(11-19)18(24)20-12(15)2/h10,13H,3-9H2,1-2H3,(H,20,24). The number of H-pyrrole nitrogens is 1. The first-order chi connectivity index (χ1) is 12.1. The fourth-order valence-electron chi connectivity index (χ4n) is 3.31. The number of nitrogens with one attached hydrogen (secondary N) is 1. The van der Waals surface area contributed by atoms with Gasteiger partial charge in [0, 0.05) is 23.8 Å². The molecular weight excluding hydrogens is 318 g/mol. The van der Waals surface area contributed by atoms with Crippen LogP contribution in [-0.4, -0.2) is 33.0 Å². The molecule has 0 atom stereocenters. The monoisotopic (exact) mass is 341 g/mol. The average Bonchev–Trinajstić information content (AvgIpc) is 3.25. The van der Waals surface area contributed by atoms with Crippen molar-refractivity contribution < 1.29 is 4.74 Å². The zero-order chi connectivity index (χ0) is 17.8. The molecular formula is C18H23N5O2. The van der Waals surface area contributed by atoms with Gasteiger partial charge in [-0.3, -0.25) is 4.79 Å². The van der Waals surface area contributed by atoms with Gasteiger partial charge < -0.3 is 9.72 Å². The van der Waals surface area contributed by atoms with E-state index in [-0.39, 0.29) is 11.1 Å². The minimum atomic E-state index is -0.375. The molecule has 0 bridgehead atoms. The summed E-state index contributed by atoms with van der Waals surface area (Å²) in [4.78, 5) is 19.3. The molecule has 1 saturated carbocycles. The van der Waals surface area contributed by atoms with E-state index in [1.165, 1.54) is 12.8 Å². The van der Waals surface area contributed by atoms with E-state index in [4.69, 9.17) is 20.1 Å². The van der Waals surface area contributed by atoms with Crippen LogP contribution in [0.3, 0.4) is 0 Å². The van der Waals surface area contributed by atoms with Gasteiger partial charge in [0.25, 0.3) is 5.56 Å². The number of hydrogen-bond acceptors (Lipinski definition) is 5. The van der Waals surface area contributed by atoms with E-state index in [0.29, 0.717) is 37.2 Å². The highest BCUT2D eigenvalue weighted by molar-refractivity contribution is 5.60. The van der Waals surface area contributed by atoms with Gasteiger partial charge in [-0.25, -0.2) is 9.67 Å². The number of nitriles is 1. The maximum Gasteiger partial charge on any atom is 0.266 e. The van der Waals surface area contributed by atoms with Gasteiger partial charge in [-0.1, -0.05) is 12.8 Å². The summed E-state index contributed by atoms with van der Waals surface area (Å²) in [5, 5.41) is 13.9. The summed E-state index contributed by atoms with van der Waals surface area (Å²) < 4.78 is 7.30. The van der Waals surface area contributed by atoms with Gasteiger partial charge in [-0.15, -0.1) is 0 Å². The van der Waals surface area contributed by atoms with Gasteiger partial charge in [-0.05, 0) is 32.8 Å². The van der Waals surface area contributed by atoms with E-state index in [9.17, 15) is 4.79 Å². The highest BCUT2D eigenvalue weighted by Crippen LogP contribution is 2.33. The van der Waals surface area contributed by atoms with Crippen LogP contribution in [0.1, 0.15) is 55.6 Å². The molecule has 0 spiro atoms. The predicted molar refractivity (Wildman–Crippen MR) is 93.2 cm³/mol. The van der Waals surface area contributed by atoms with Gasteiger partial charge >= 0.3 is 0 Å². The molecule has 3 rings (SSSR count). The summed E-state index contributed by atoms with van der Waals surface area (Å²) in [5.74, 6) is 1.94. The fourth-order valence-corrected chi connectivity index (χ4v) is 3.31. The molecule has 25 heavy (non-hydrogen) atoms. The van der Waals surface area contributed by atoms with Crippen LogP contribution in [0, 0.1) is 18.3 Å². The number of pyridine rings is 1. The summed E-state index contributed by atoms with van der Waals surface area (Å²) in [7, 11) is 0. The lowest BCUT2D eigenvalue weighted by Gasteiger charge is -2.08. The summed E-state index contributed by atoms with van der Waals surface area (Å²) in [5.41, 5.74) is 1.14. The lowest BCUT2D eigenvalue weighted by atomic mass is 10.1. The highest BCUT2D eigenvalue weighted by Gasteiger charge is 2.24. The number of nitrogens with zero attached hydrogens (tertiary/aromatic N) is 4. The van der Waals surface area contributed by atoms with E-state index in [0.717, 1.165) is 24.2 Å². The minimum Gasteiger partial charge on any atom is -0.380 e. The van der Waals surface area contributed by atoms with Crippen LogP contribution in [0.15, 0.2) is 10.9 Å². The number of ether oxygens (including phenoxy) is 1. The van der Waals surface area contributed by atoms with Crippen molar-refractivity contribution in [3.63, 3.8) is 0 Å². The normalized spacial score (nSPS) is 14.8. The second kappa shape index (κ2) is 7.62. The smallest absolute Gasteiger partial charge is 0.266 e. The van der Waals surface area contributed by atoms with Gasteiger partial charge in [-0.2, -0.15) is 10.4 Å².